The van der Waals surface area contributed by atoms with Crippen LogP contribution in [0.2, 0.25) is 0 Å². The highest BCUT2D eigenvalue weighted by Gasteiger charge is 2.19. The van der Waals surface area contributed by atoms with Gasteiger partial charge in [-0.15, -0.1) is 0 Å². The maximum absolute atomic E-state index is 13.2. The molecule has 0 bridgehead atoms. The molecule has 3 N–H and O–H groups in total. The Morgan fingerprint density at radius 3 is 3.00 bits per heavy atom. The second kappa shape index (κ2) is 5.44. The summed E-state index contributed by atoms with van der Waals surface area (Å²) in [6.45, 7) is 2.68. The number of hydrogen-bond acceptors (Lipinski definition) is 4. The molecule has 1 saturated heterocycles. The smallest absolute Gasteiger partial charge is 0.125 e. The SMILES string of the molecule is Nc1cc(F)cc(CN2CCOC(CO)C2)c1. The van der Waals surface area contributed by atoms with Crippen molar-refractivity contribution in [2.45, 2.75) is 12.6 Å². The number of halogens is 1. The van der Waals surface area contributed by atoms with E-state index in [-0.39, 0.29) is 18.5 Å². The lowest BCUT2D eigenvalue weighted by atomic mass is 10.1. The van der Waals surface area contributed by atoms with Crippen LogP contribution in [-0.2, 0) is 11.3 Å². The number of morpholine rings is 1. The zero-order valence-corrected chi connectivity index (χ0v) is 9.60. The lowest BCUT2D eigenvalue weighted by Crippen LogP contribution is -2.43. The maximum Gasteiger partial charge on any atom is 0.125 e. The van der Waals surface area contributed by atoms with E-state index in [1.165, 1.54) is 12.1 Å². The third-order valence-corrected chi connectivity index (χ3v) is 2.81. The van der Waals surface area contributed by atoms with E-state index in [2.05, 4.69) is 4.90 Å². The summed E-state index contributed by atoms with van der Waals surface area (Å²) in [4.78, 5) is 2.12. The summed E-state index contributed by atoms with van der Waals surface area (Å²) in [7, 11) is 0. The Morgan fingerprint density at radius 2 is 2.29 bits per heavy atom. The number of nitrogens with two attached hydrogens (primary N) is 1. The van der Waals surface area contributed by atoms with Gasteiger partial charge in [-0.1, -0.05) is 0 Å². The minimum Gasteiger partial charge on any atom is -0.399 e. The van der Waals surface area contributed by atoms with Crippen LogP contribution in [0.25, 0.3) is 0 Å². The lowest BCUT2D eigenvalue weighted by molar-refractivity contribution is -0.0551. The van der Waals surface area contributed by atoms with Gasteiger partial charge in [-0.25, -0.2) is 4.39 Å². The second-order valence-electron chi connectivity index (χ2n) is 4.30. The van der Waals surface area contributed by atoms with E-state index in [1.54, 1.807) is 6.07 Å². The molecule has 1 aromatic rings. The van der Waals surface area contributed by atoms with E-state index in [0.717, 1.165) is 12.1 Å². The Bertz CT molecular complexity index is 367. The summed E-state index contributed by atoms with van der Waals surface area (Å²) in [5.74, 6) is -0.313. The fourth-order valence-corrected chi connectivity index (χ4v) is 2.06. The van der Waals surface area contributed by atoms with E-state index in [4.69, 9.17) is 15.6 Å². The van der Waals surface area contributed by atoms with Gasteiger partial charge >= 0.3 is 0 Å². The molecule has 1 aliphatic heterocycles. The second-order valence-corrected chi connectivity index (χ2v) is 4.30. The largest absolute Gasteiger partial charge is 0.399 e. The van der Waals surface area contributed by atoms with Crippen LogP contribution >= 0.6 is 0 Å². The van der Waals surface area contributed by atoms with Crippen LogP contribution in [-0.4, -0.2) is 42.4 Å². The molecule has 94 valence electrons. The number of nitrogens with zero attached hydrogens (tertiary/aromatic N) is 1. The lowest BCUT2D eigenvalue weighted by Gasteiger charge is -2.32. The van der Waals surface area contributed by atoms with Crippen molar-refractivity contribution < 1.29 is 14.2 Å². The number of ether oxygens (including phenoxy) is 1. The number of anilines is 1. The van der Waals surface area contributed by atoms with Crippen molar-refractivity contribution in [1.29, 1.82) is 0 Å². The molecule has 0 amide bonds. The average molecular weight is 240 g/mol. The molecular weight excluding hydrogens is 223 g/mol. The third kappa shape index (κ3) is 3.39. The number of benzene rings is 1. The van der Waals surface area contributed by atoms with Crippen LogP contribution in [0.4, 0.5) is 10.1 Å². The first-order valence-corrected chi connectivity index (χ1v) is 5.67. The Labute approximate surface area is 99.8 Å². The standard InChI is InChI=1S/C12H17FN2O2/c13-10-3-9(4-11(14)5-10)6-15-1-2-17-12(7-15)8-16/h3-5,12,16H,1-2,6-8,14H2. The van der Waals surface area contributed by atoms with Crippen molar-refractivity contribution in [1.82, 2.24) is 4.90 Å². The highest BCUT2D eigenvalue weighted by molar-refractivity contribution is 5.41. The number of hydrogen-bond donors (Lipinski definition) is 2. The number of aliphatic hydroxyl groups is 1. The molecule has 0 radical (unpaired) electrons. The van der Waals surface area contributed by atoms with Gasteiger partial charge in [-0.05, 0) is 23.8 Å². The molecule has 17 heavy (non-hydrogen) atoms. The van der Waals surface area contributed by atoms with Crippen molar-refractivity contribution in [3.8, 4) is 0 Å². The Morgan fingerprint density at radius 1 is 1.47 bits per heavy atom. The van der Waals surface area contributed by atoms with Crippen molar-refractivity contribution in [3.63, 3.8) is 0 Å². The van der Waals surface area contributed by atoms with Crippen LogP contribution in [0, 0.1) is 5.82 Å². The van der Waals surface area contributed by atoms with Crippen molar-refractivity contribution in [3.05, 3.63) is 29.6 Å². The molecule has 1 heterocycles. The van der Waals surface area contributed by atoms with Crippen LogP contribution in [0.15, 0.2) is 18.2 Å². The van der Waals surface area contributed by atoms with Gasteiger partial charge in [-0.3, -0.25) is 4.90 Å². The van der Waals surface area contributed by atoms with Gasteiger partial charge in [0.2, 0.25) is 0 Å². The summed E-state index contributed by atoms with van der Waals surface area (Å²) in [5.41, 5.74) is 6.88. The average Bonchev–Trinajstić information content (AvgIpc) is 2.28. The summed E-state index contributed by atoms with van der Waals surface area (Å²) in [6, 6.07) is 4.56. The molecule has 1 aliphatic rings. The first-order chi connectivity index (χ1) is 8.17. The fourth-order valence-electron chi connectivity index (χ4n) is 2.06. The molecule has 0 spiro atoms. The number of rotatable bonds is 3. The molecule has 0 aromatic heterocycles. The predicted octanol–water partition coefficient (Wildman–Crippen LogP) is 0.601. The molecule has 1 aromatic carbocycles. The minimum absolute atomic E-state index is 0.0157. The Kier molecular flexibility index (Phi) is 3.93. The van der Waals surface area contributed by atoms with Crippen LogP contribution in [0.1, 0.15) is 5.56 Å². The molecule has 1 fully saturated rings. The van der Waals surface area contributed by atoms with Crippen LogP contribution in [0.3, 0.4) is 0 Å². The van der Waals surface area contributed by atoms with E-state index >= 15 is 0 Å². The molecule has 5 heteroatoms. The van der Waals surface area contributed by atoms with E-state index in [0.29, 0.717) is 25.4 Å². The quantitative estimate of drug-likeness (QED) is 0.760. The third-order valence-electron chi connectivity index (χ3n) is 2.81. The van der Waals surface area contributed by atoms with Crippen molar-refractivity contribution in [2.75, 3.05) is 32.0 Å². The first-order valence-electron chi connectivity index (χ1n) is 5.67. The summed E-state index contributed by atoms with van der Waals surface area (Å²) >= 11 is 0. The topological polar surface area (TPSA) is 58.7 Å². The van der Waals surface area contributed by atoms with Crippen molar-refractivity contribution >= 4 is 5.69 Å². The summed E-state index contributed by atoms with van der Waals surface area (Å²) < 4.78 is 18.5. The molecule has 0 aliphatic carbocycles. The normalized spacial score (nSPS) is 21.6. The van der Waals surface area contributed by atoms with Gasteiger partial charge in [0, 0.05) is 25.3 Å². The number of nitrogen functional groups attached to an aromatic ring is 1. The summed E-state index contributed by atoms with van der Waals surface area (Å²) in [5, 5.41) is 9.03. The highest BCUT2D eigenvalue weighted by atomic mass is 19.1. The summed E-state index contributed by atoms with van der Waals surface area (Å²) in [6.07, 6.45) is -0.144. The van der Waals surface area contributed by atoms with Gasteiger partial charge in [0.05, 0.1) is 19.3 Å². The van der Waals surface area contributed by atoms with Gasteiger partial charge in [0.15, 0.2) is 0 Å². The number of aliphatic hydroxyl groups excluding tert-OH is 1. The van der Waals surface area contributed by atoms with Crippen molar-refractivity contribution in [2.24, 2.45) is 0 Å². The molecule has 1 unspecified atom stereocenters. The molecule has 0 saturated carbocycles. The predicted molar refractivity (Wildman–Crippen MR) is 62.9 cm³/mol. The van der Waals surface area contributed by atoms with Gasteiger partial charge in [-0.2, -0.15) is 0 Å². The molecule has 1 atom stereocenters. The Balaban J connectivity index is 2.00. The molecular formula is C12H17FN2O2. The zero-order chi connectivity index (χ0) is 12.3. The van der Waals surface area contributed by atoms with Gasteiger partial charge in [0.1, 0.15) is 5.82 Å². The molecule has 4 nitrogen and oxygen atoms in total. The fraction of sp³-hybridized carbons (Fsp3) is 0.500. The first kappa shape index (κ1) is 12.3. The van der Waals surface area contributed by atoms with E-state index < -0.39 is 0 Å². The maximum atomic E-state index is 13.2. The van der Waals surface area contributed by atoms with E-state index in [9.17, 15) is 4.39 Å². The van der Waals surface area contributed by atoms with Gasteiger partial charge in [0.25, 0.3) is 0 Å². The zero-order valence-electron chi connectivity index (χ0n) is 9.60. The van der Waals surface area contributed by atoms with Crippen LogP contribution < -0.4 is 5.73 Å². The highest BCUT2D eigenvalue weighted by Crippen LogP contribution is 2.15. The monoisotopic (exact) mass is 240 g/mol. The van der Waals surface area contributed by atoms with Gasteiger partial charge < -0.3 is 15.6 Å². The minimum atomic E-state index is -0.313. The van der Waals surface area contributed by atoms with Crippen LogP contribution in [0.5, 0.6) is 0 Å². The molecule has 2 rings (SSSR count). The van der Waals surface area contributed by atoms with E-state index in [1.807, 2.05) is 0 Å². The Hall–Kier alpha value is -1.17.